The van der Waals surface area contributed by atoms with Crippen molar-refractivity contribution in [2.45, 2.75) is 38.4 Å². The van der Waals surface area contributed by atoms with Gasteiger partial charge >= 0.3 is 0 Å². The summed E-state index contributed by atoms with van der Waals surface area (Å²) in [7, 11) is 0. The molecule has 0 radical (unpaired) electrons. The molecule has 1 aliphatic rings. The molecule has 0 aliphatic heterocycles. The fraction of sp³-hybridized carbons (Fsp3) is 0.333. The van der Waals surface area contributed by atoms with Crippen molar-refractivity contribution in [3.63, 3.8) is 0 Å². The Bertz CT molecular complexity index is 606. The minimum absolute atomic E-state index is 0.180. The number of benzene rings is 2. The van der Waals surface area contributed by atoms with Gasteiger partial charge in [0.2, 0.25) is 0 Å². The van der Waals surface area contributed by atoms with E-state index in [1.165, 1.54) is 5.56 Å². The van der Waals surface area contributed by atoms with Gasteiger partial charge in [-0.2, -0.15) is 0 Å². The van der Waals surface area contributed by atoms with Gasteiger partial charge in [-0.15, -0.1) is 0 Å². The van der Waals surface area contributed by atoms with Crippen LogP contribution in [0.3, 0.4) is 0 Å². The molecule has 0 aromatic heterocycles. The Hall–Kier alpha value is -1.80. The Morgan fingerprint density at radius 1 is 1.00 bits per heavy atom. The molecule has 3 atom stereocenters. The number of aliphatic hydroxyl groups is 1. The van der Waals surface area contributed by atoms with Crippen molar-refractivity contribution in [1.29, 1.82) is 0 Å². The van der Waals surface area contributed by atoms with E-state index < -0.39 is 6.10 Å². The lowest BCUT2D eigenvalue weighted by atomic mass is 9.80. The van der Waals surface area contributed by atoms with Crippen molar-refractivity contribution in [3.05, 3.63) is 65.2 Å². The third-order valence-electron chi connectivity index (χ3n) is 4.16. The second kappa shape index (κ2) is 5.29. The minimum atomic E-state index is -0.554. The third-order valence-corrected chi connectivity index (χ3v) is 4.16. The lowest BCUT2D eigenvalue weighted by Crippen LogP contribution is -2.32. The van der Waals surface area contributed by atoms with Crippen LogP contribution >= 0.6 is 0 Å². The van der Waals surface area contributed by atoms with E-state index in [-0.39, 0.29) is 6.10 Å². The number of fused-ring (bicyclic) bond motifs is 1. The molecule has 0 saturated heterocycles. The normalized spacial score (nSPS) is 25.1. The highest BCUT2D eigenvalue weighted by molar-refractivity contribution is 5.37. The summed E-state index contributed by atoms with van der Waals surface area (Å²) < 4.78 is 6.08. The predicted molar refractivity (Wildman–Crippen MR) is 80.0 cm³/mol. The van der Waals surface area contributed by atoms with Crippen LogP contribution in [0.25, 0.3) is 0 Å². The second-order valence-corrected chi connectivity index (χ2v) is 5.63. The van der Waals surface area contributed by atoms with E-state index >= 15 is 0 Å². The summed E-state index contributed by atoms with van der Waals surface area (Å²) in [6, 6.07) is 16.1. The Morgan fingerprint density at radius 2 is 1.65 bits per heavy atom. The van der Waals surface area contributed by atoms with E-state index in [0.29, 0.717) is 5.92 Å². The number of hydrogen-bond acceptors (Lipinski definition) is 2. The molecular formula is C18H20O2. The van der Waals surface area contributed by atoms with Crippen LogP contribution in [0.5, 0.6) is 5.75 Å². The Kier molecular flexibility index (Phi) is 3.49. The number of ether oxygens (including phenoxy) is 1. The smallest absolute Gasteiger partial charge is 0.129 e. The number of aryl methyl sites for hydroxylation is 1. The topological polar surface area (TPSA) is 29.5 Å². The summed E-state index contributed by atoms with van der Waals surface area (Å²) in [5.74, 6) is 1.27. The second-order valence-electron chi connectivity index (χ2n) is 5.63. The first kappa shape index (κ1) is 13.2. The highest BCUT2D eigenvalue weighted by atomic mass is 16.5. The van der Waals surface area contributed by atoms with Crippen LogP contribution in [0.1, 0.15) is 42.1 Å². The van der Waals surface area contributed by atoms with Gasteiger partial charge in [-0.25, -0.2) is 0 Å². The average molecular weight is 268 g/mol. The van der Waals surface area contributed by atoms with Crippen LogP contribution in [0.4, 0.5) is 0 Å². The maximum Gasteiger partial charge on any atom is 0.129 e. The van der Waals surface area contributed by atoms with E-state index in [9.17, 15) is 5.11 Å². The molecule has 104 valence electrons. The maximum atomic E-state index is 10.6. The lowest BCUT2D eigenvalue weighted by Gasteiger charge is -2.34. The highest BCUT2D eigenvalue weighted by Crippen LogP contribution is 2.39. The third kappa shape index (κ3) is 2.32. The number of para-hydroxylation sites is 1. The van der Waals surface area contributed by atoms with Gasteiger partial charge in [0, 0.05) is 0 Å². The molecule has 0 fully saturated rings. The summed E-state index contributed by atoms with van der Waals surface area (Å²) >= 11 is 0. The van der Waals surface area contributed by atoms with Gasteiger partial charge in [-0.1, -0.05) is 49.4 Å². The van der Waals surface area contributed by atoms with E-state index in [1.54, 1.807) is 0 Å². The van der Waals surface area contributed by atoms with Gasteiger partial charge in [0.1, 0.15) is 18.0 Å². The van der Waals surface area contributed by atoms with E-state index in [0.717, 1.165) is 23.3 Å². The molecule has 1 aliphatic carbocycles. The molecule has 2 heteroatoms. The zero-order valence-corrected chi connectivity index (χ0v) is 11.9. The molecule has 1 N–H and O–H groups in total. The summed E-state index contributed by atoms with van der Waals surface area (Å²) in [4.78, 5) is 0. The maximum absolute atomic E-state index is 10.6. The van der Waals surface area contributed by atoms with Crippen molar-refractivity contribution in [2.75, 3.05) is 0 Å². The van der Waals surface area contributed by atoms with Crippen molar-refractivity contribution >= 4 is 0 Å². The van der Waals surface area contributed by atoms with Gasteiger partial charge in [-0.05, 0) is 42.0 Å². The first-order valence-electron chi connectivity index (χ1n) is 7.16. The van der Waals surface area contributed by atoms with Crippen LogP contribution < -0.4 is 4.74 Å². The quantitative estimate of drug-likeness (QED) is 0.892. The molecule has 0 bridgehead atoms. The van der Waals surface area contributed by atoms with E-state index in [2.05, 4.69) is 13.0 Å². The summed E-state index contributed by atoms with van der Waals surface area (Å²) in [6.45, 7) is 4.22. The predicted octanol–water partition coefficient (Wildman–Crippen LogP) is 3.98. The van der Waals surface area contributed by atoms with E-state index in [1.807, 2.05) is 49.4 Å². The molecule has 2 aromatic carbocycles. The van der Waals surface area contributed by atoms with Crippen LogP contribution in [0, 0.1) is 6.92 Å². The van der Waals surface area contributed by atoms with Crippen LogP contribution in [0.2, 0.25) is 0 Å². The minimum Gasteiger partial charge on any atom is -0.487 e. The zero-order valence-electron chi connectivity index (χ0n) is 11.9. The zero-order chi connectivity index (χ0) is 14.1. The Morgan fingerprint density at radius 3 is 2.40 bits per heavy atom. The SMILES string of the molecule is Cc1ccccc1OC1CC(C)c2ccccc2C1O. The van der Waals surface area contributed by atoms with Crippen molar-refractivity contribution in [1.82, 2.24) is 0 Å². The fourth-order valence-corrected chi connectivity index (χ4v) is 3.00. The lowest BCUT2D eigenvalue weighted by molar-refractivity contribution is 0.0176. The van der Waals surface area contributed by atoms with Gasteiger partial charge in [-0.3, -0.25) is 0 Å². The molecule has 0 heterocycles. The molecule has 2 nitrogen and oxygen atoms in total. The van der Waals surface area contributed by atoms with Crippen LogP contribution in [-0.4, -0.2) is 11.2 Å². The van der Waals surface area contributed by atoms with Gasteiger partial charge in [0.25, 0.3) is 0 Å². The van der Waals surface area contributed by atoms with Crippen molar-refractivity contribution < 1.29 is 9.84 Å². The van der Waals surface area contributed by atoms with Gasteiger partial charge < -0.3 is 9.84 Å². The first-order chi connectivity index (χ1) is 9.66. The molecule has 0 amide bonds. The molecule has 0 spiro atoms. The Balaban J connectivity index is 1.88. The summed E-state index contributed by atoms with van der Waals surface area (Å²) in [6.07, 6.45) is 0.106. The number of hydrogen-bond donors (Lipinski definition) is 1. The largest absolute Gasteiger partial charge is 0.487 e. The summed E-state index contributed by atoms with van der Waals surface area (Å²) in [5, 5.41) is 10.6. The number of rotatable bonds is 2. The number of aliphatic hydroxyl groups excluding tert-OH is 1. The molecule has 2 aromatic rings. The molecule has 3 unspecified atom stereocenters. The van der Waals surface area contributed by atoms with Gasteiger partial charge in [0.05, 0.1) is 0 Å². The van der Waals surface area contributed by atoms with Gasteiger partial charge in [0.15, 0.2) is 0 Å². The average Bonchev–Trinajstić information content (AvgIpc) is 2.47. The van der Waals surface area contributed by atoms with Crippen LogP contribution in [0.15, 0.2) is 48.5 Å². The first-order valence-corrected chi connectivity index (χ1v) is 7.16. The van der Waals surface area contributed by atoms with Crippen LogP contribution in [-0.2, 0) is 0 Å². The molecule has 0 saturated carbocycles. The monoisotopic (exact) mass is 268 g/mol. The summed E-state index contributed by atoms with van der Waals surface area (Å²) in [5.41, 5.74) is 3.35. The standard InChI is InChI=1S/C18H20O2/c1-12-7-3-6-10-16(12)20-17-11-13(2)14-8-4-5-9-15(14)18(17)19/h3-10,13,17-19H,11H2,1-2H3. The fourth-order valence-electron chi connectivity index (χ4n) is 3.00. The molecule has 20 heavy (non-hydrogen) atoms. The van der Waals surface area contributed by atoms with E-state index in [4.69, 9.17) is 4.74 Å². The van der Waals surface area contributed by atoms with Crippen molar-refractivity contribution in [2.24, 2.45) is 0 Å². The molecule has 3 rings (SSSR count). The highest BCUT2D eigenvalue weighted by Gasteiger charge is 2.33. The van der Waals surface area contributed by atoms with Crippen molar-refractivity contribution in [3.8, 4) is 5.75 Å². The Labute approximate surface area is 120 Å². The molecular weight excluding hydrogens is 248 g/mol.